The lowest BCUT2D eigenvalue weighted by Gasteiger charge is -2.20. The first-order valence-corrected chi connectivity index (χ1v) is 16.4. The van der Waals surface area contributed by atoms with Crippen molar-refractivity contribution in [1.29, 1.82) is 0 Å². The van der Waals surface area contributed by atoms with Crippen molar-refractivity contribution in [2.75, 3.05) is 0 Å². The lowest BCUT2D eigenvalue weighted by molar-refractivity contribution is -0.123. The zero-order chi connectivity index (χ0) is 32.6. The van der Waals surface area contributed by atoms with E-state index in [0.717, 1.165) is 28.5 Å². The first-order valence-electron chi connectivity index (χ1n) is 14.8. The Labute approximate surface area is 287 Å². The summed E-state index contributed by atoms with van der Waals surface area (Å²) in [6.07, 6.45) is 1.64. The second kappa shape index (κ2) is 15.3. The molecule has 0 aromatic heterocycles. The number of amides is 2. The molecule has 1 saturated heterocycles. The van der Waals surface area contributed by atoms with Crippen LogP contribution in [0.3, 0.4) is 0 Å². The van der Waals surface area contributed by atoms with Gasteiger partial charge in [0, 0.05) is 0 Å². The van der Waals surface area contributed by atoms with Gasteiger partial charge in [0.25, 0.3) is 11.1 Å². The number of rotatable bonds is 12. The van der Waals surface area contributed by atoms with Crippen LogP contribution in [-0.2, 0) is 31.2 Å². The van der Waals surface area contributed by atoms with Crippen LogP contribution in [0, 0.1) is 0 Å². The lowest BCUT2D eigenvalue weighted by atomic mass is 10.1. The lowest BCUT2D eigenvalue weighted by Crippen LogP contribution is -2.27. The highest BCUT2D eigenvalue weighted by Gasteiger charge is 2.35. The second-order valence-electron chi connectivity index (χ2n) is 10.7. The highest BCUT2D eigenvalue weighted by molar-refractivity contribution is 8.18. The average molecular weight is 683 g/mol. The van der Waals surface area contributed by atoms with Crippen molar-refractivity contribution in [3.63, 3.8) is 0 Å². The Kier molecular flexibility index (Phi) is 10.5. The van der Waals surface area contributed by atoms with Crippen LogP contribution in [0.15, 0.2) is 126 Å². The minimum atomic E-state index is -0.408. The van der Waals surface area contributed by atoms with Gasteiger partial charge < -0.3 is 14.2 Å². The van der Waals surface area contributed by atoms with E-state index >= 15 is 0 Å². The maximum absolute atomic E-state index is 13.5. The Bertz CT molecular complexity index is 1840. The first-order chi connectivity index (χ1) is 22.9. The third-order valence-corrected chi connectivity index (χ3v) is 8.88. The molecule has 1 fully saturated rings. The molecule has 9 heteroatoms. The SMILES string of the molecule is O=C1SC(=Cc2ccc(Cl)c(Cl)c2)C(=O)N1Cc1cc(OCc2ccccc2)c(OCc2ccccc2)c(OCc2ccccc2)c1. The number of ether oxygens (including phenoxy) is 3. The Morgan fingerprint density at radius 2 is 1.11 bits per heavy atom. The molecule has 0 radical (unpaired) electrons. The highest BCUT2D eigenvalue weighted by Crippen LogP contribution is 2.42. The van der Waals surface area contributed by atoms with Crippen LogP contribution in [0.2, 0.25) is 10.0 Å². The largest absolute Gasteiger partial charge is 0.485 e. The Morgan fingerprint density at radius 1 is 0.596 bits per heavy atom. The number of imide groups is 1. The minimum Gasteiger partial charge on any atom is -0.485 e. The fraction of sp³-hybridized carbons (Fsp3) is 0.105. The molecule has 236 valence electrons. The predicted molar refractivity (Wildman–Crippen MR) is 187 cm³/mol. The summed E-state index contributed by atoms with van der Waals surface area (Å²) in [7, 11) is 0. The van der Waals surface area contributed by atoms with Gasteiger partial charge in [-0.3, -0.25) is 14.5 Å². The third kappa shape index (κ3) is 8.37. The zero-order valence-corrected chi connectivity index (χ0v) is 27.4. The van der Waals surface area contributed by atoms with E-state index in [0.29, 0.717) is 38.4 Å². The van der Waals surface area contributed by atoms with Crippen molar-refractivity contribution >= 4 is 52.2 Å². The third-order valence-electron chi connectivity index (χ3n) is 7.24. The van der Waals surface area contributed by atoms with E-state index < -0.39 is 5.91 Å². The average Bonchev–Trinajstić information content (AvgIpc) is 3.35. The molecule has 0 N–H and O–H groups in total. The smallest absolute Gasteiger partial charge is 0.293 e. The van der Waals surface area contributed by atoms with Crippen LogP contribution in [0.25, 0.3) is 6.08 Å². The quantitative estimate of drug-likeness (QED) is 0.122. The van der Waals surface area contributed by atoms with Crippen molar-refractivity contribution in [1.82, 2.24) is 4.90 Å². The monoisotopic (exact) mass is 681 g/mol. The van der Waals surface area contributed by atoms with E-state index in [1.54, 1.807) is 36.4 Å². The van der Waals surface area contributed by atoms with Crippen LogP contribution in [-0.4, -0.2) is 16.0 Å². The summed E-state index contributed by atoms with van der Waals surface area (Å²) in [6.45, 7) is 0.841. The van der Waals surface area contributed by atoms with Gasteiger partial charge in [0.2, 0.25) is 5.75 Å². The van der Waals surface area contributed by atoms with Gasteiger partial charge in [0.05, 0.1) is 21.5 Å². The first kappa shape index (κ1) is 32.3. The Balaban J connectivity index is 1.32. The summed E-state index contributed by atoms with van der Waals surface area (Å²) in [5.41, 5.74) is 4.22. The van der Waals surface area contributed by atoms with Gasteiger partial charge in [-0.15, -0.1) is 0 Å². The van der Waals surface area contributed by atoms with Gasteiger partial charge >= 0.3 is 0 Å². The molecular formula is C38H29Cl2NO5S. The van der Waals surface area contributed by atoms with Crippen LogP contribution >= 0.6 is 35.0 Å². The number of benzene rings is 5. The number of nitrogens with zero attached hydrogens (tertiary/aromatic N) is 1. The molecule has 1 aliphatic rings. The van der Waals surface area contributed by atoms with Gasteiger partial charge in [-0.05, 0) is 69.9 Å². The summed E-state index contributed by atoms with van der Waals surface area (Å²) in [4.78, 5) is 28.1. The molecule has 47 heavy (non-hydrogen) atoms. The molecule has 0 atom stereocenters. The predicted octanol–water partition coefficient (Wildman–Crippen LogP) is 9.97. The molecule has 5 aromatic rings. The molecule has 5 aromatic carbocycles. The summed E-state index contributed by atoms with van der Waals surface area (Å²) >= 11 is 13.1. The zero-order valence-electron chi connectivity index (χ0n) is 25.1. The van der Waals surface area contributed by atoms with Crippen LogP contribution in [0.1, 0.15) is 27.8 Å². The van der Waals surface area contributed by atoms with Crippen molar-refractivity contribution in [3.8, 4) is 17.2 Å². The number of carbonyl (C=O) groups excluding carboxylic acids is 2. The molecular weight excluding hydrogens is 653 g/mol. The van der Waals surface area contributed by atoms with Crippen LogP contribution < -0.4 is 14.2 Å². The Morgan fingerprint density at radius 3 is 1.62 bits per heavy atom. The minimum absolute atomic E-state index is 0.00569. The normalized spacial score (nSPS) is 13.7. The van der Waals surface area contributed by atoms with E-state index in [4.69, 9.17) is 37.4 Å². The number of carbonyl (C=O) groups is 2. The van der Waals surface area contributed by atoms with Gasteiger partial charge in [-0.2, -0.15) is 0 Å². The number of halogens is 2. The molecule has 6 rings (SSSR count). The maximum Gasteiger partial charge on any atom is 0.293 e. The standard InChI is InChI=1S/C38H29Cl2NO5S/c39-31-17-16-29(18-32(31)40)21-35-37(42)41(38(43)47-35)22-30-19-33(44-23-26-10-4-1-5-11-26)36(46-25-28-14-8-3-9-15-28)34(20-30)45-24-27-12-6-2-7-13-27/h1-21H,22-25H2. The summed E-state index contributed by atoms with van der Waals surface area (Å²) in [5.74, 6) is 0.888. The molecule has 1 aliphatic heterocycles. The molecule has 0 spiro atoms. The van der Waals surface area contributed by atoms with Gasteiger partial charge in [0.1, 0.15) is 19.8 Å². The van der Waals surface area contributed by atoms with Gasteiger partial charge in [0.15, 0.2) is 11.5 Å². The number of hydrogen-bond acceptors (Lipinski definition) is 6. The van der Waals surface area contributed by atoms with Crippen LogP contribution in [0.5, 0.6) is 17.2 Å². The fourth-order valence-electron chi connectivity index (χ4n) is 4.85. The van der Waals surface area contributed by atoms with Gasteiger partial charge in [-0.25, -0.2) is 0 Å². The molecule has 0 unspecified atom stereocenters. The summed E-state index contributed by atoms with van der Waals surface area (Å²) in [6, 6.07) is 38.0. The van der Waals surface area contributed by atoms with Crippen molar-refractivity contribution in [2.24, 2.45) is 0 Å². The number of hydrogen-bond donors (Lipinski definition) is 0. The molecule has 0 bridgehead atoms. The molecule has 0 aliphatic carbocycles. The summed E-state index contributed by atoms with van der Waals surface area (Å²) < 4.78 is 19.1. The number of thioether (sulfide) groups is 1. The maximum atomic E-state index is 13.5. The summed E-state index contributed by atoms with van der Waals surface area (Å²) in [5, 5.41) is 0.383. The topological polar surface area (TPSA) is 65.1 Å². The van der Waals surface area contributed by atoms with Crippen molar-refractivity contribution in [3.05, 3.63) is 164 Å². The second-order valence-corrected chi connectivity index (χ2v) is 12.5. The van der Waals surface area contributed by atoms with Crippen LogP contribution in [0.4, 0.5) is 4.79 Å². The van der Waals surface area contributed by atoms with Crippen molar-refractivity contribution < 1.29 is 23.8 Å². The van der Waals surface area contributed by atoms with E-state index in [2.05, 4.69) is 0 Å². The molecule has 6 nitrogen and oxygen atoms in total. The highest BCUT2D eigenvalue weighted by atomic mass is 35.5. The fourth-order valence-corrected chi connectivity index (χ4v) is 6.00. The van der Waals surface area contributed by atoms with E-state index in [1.165, 1.54) is 4.90 Å². The van der Waals surface area contributed by atoms with E-state index in [1.807, 2.05) is 91.0 Å². The molecule has 0 saturated carbocycles. The van der Waals surface area contributed by atoms with Crippen molar-refractivity contribution in [2.45, 2.75) is 26.4 Å². The van der Waals surface area contributed by atoms with E-state index in [9.17, 15) is 9.59 Å². The van der Waals surface area contributed by atoms with E-state index in [-0.39, 0.29) is 36.5 Å². The van der Waals surface area contributed by atoms with Gasteiger partial charge in [-0.1, -0.05) is 120 Å². The molecule has 2 amide bonds. The molecule has 1 heterocycles. The Hall–Kier alpha value is -4.69.